The molecule has 0 spiro atoms. The summed E-state index contributed by atoms with van der Waals surface area (Å²) in [5.74, 6) is 0.449. The van der Waals surface area contributed by atoms with E-state index in [4.69, 9.17) is 9.72 Å². The van der Waals surface area contributed by atoms with Gasteiger partial charge in [0.1, 0.15) is 17.8 Å². The zero-order chi connectivity index (χ0) is 28.2. The maximum Gasteiger partial charge on any atom is 0.325 e. The van der Waals surface area contributed by atoms with Crippen molar-refractivity contribution < 1.29 is 14.3 Å². The number of piperazine rings is 1. The fraction of sp³-hybridized carbons (Fsp3) is 0.324. The zero-order valence-electron chi connectivity index (χ0n) is 23.5. The fourth-order valence-electron chi connectivity index (χ4n) is 6.49. The van der Waals surface area contributed by atoms with Crippen molar-refractivity contribution in [2.24, 2.45) is 0 Å². The molecule has 1 saturated heterocycles. The Morgan fingerprint density at radius 2 is 1.49 bits per heavy atom. The van der Waals surface area contributed by atoms with E-state index >= 15 is 0 Å². The second-order valence-corrected chi connectivity index (χ2v) is 10.9. The van der Waals surface area contributed by atoms with Gasteiger partial charge in [-0.25, -0.2) is 4.98 Å². The number of pyridine rings is 1. The highest BCUT2D eigenvalue weighted by molar-refractivity contribution is 6.01. The molecule has 3 aromatic carbocycles. The Labute approximate surface area is 241 Å². The van der Waals surface area contributed by atoms with Crippen LogP contribution in [0.15, 0.2) is 84.9 Å². The first-order valence-corrected chi connectivity index (χ1v) is 14.5. The molecule has 0 unspecified atom stereocenters. The van der Waals surface area contributed by atoms with Crippen LogP contribution in [0.1, 0.15) is 30.4 Å². The van der Waals surface area contributed by atoms with Gasteiger partial charge in [-0.15, -0.1) is 0 Å². The van der Waals surface area contributed by atoms with Gasteiger partial charge < -0.3 is 15.0 Å². The van der Waals surface area contributed by atoms with Gasteiger partial charge in [0, 0.05) is 31.6 Å². The van der Waals surface area contributed by atoms with Gasteiger partial charge in [-0.05, 0) is 59.8 Å². The highest BCUT2D eigenvalue weighted by atomic mass is 16.5. The predicted octanol–water partition coefficient (Wildman–Crippen LogP) is 4.78. The van der Waals surface area contributed by atoms with Crippen LogP contribution in [-0.4, -0.2) is 68.1 Å². The van der Waals surface area contributed by atoms with E-state index in [1.807, 2.05) is 36.4 Å². The van der Waals surface area contributed by atoms with Crippen LogP contribution >= 0.6 is 0 Å². The number of unbranched alkanes of at least 4 members (excludes halogenated alkanes) is 1. The molecule has 2 aliphatic rings. The Morgan fingerprint density at radius 3 is 2.20 bits per heavy atom. The SMILES string of the molecule is COC(=O)CNC(=O)C1(CCCCN2CCN(c3ccc4ccccc4n3)CC2)c2ccccc2-c2ccccc21. The van der Waals surface area contributed by atoms with E-state index in [-0.39, 0.29) is 12.5 Å². The van der Waals surface area contributed by atoms with Crippen LogP contribution in [0.4, 0.5) is 5.82 Å². The molecular formula is C34H36N4O3. The Bertz CT molecular complexity index is 1520. The number of anilines is 1. The van der Waals surface area contributed by atoms with Crippen molar-refractivity contribution in [3.05, 3.63) is 96.1 Å². The van der Waals surface area contributed by atoms with Crippen molar-refractivity contribution in [2.45, 2.75) is 24.7 Å². The molecule has 6 rings (SSSR count). The van der Waals surface area contributed by atoms with Crippen LogP contribution in [0.2, 0.25) is 0 Å². The number of carbonyl (C=O) groups excluding carboxylic acids is 2. The summed E-state index contributed by atoms with van der Waals surface area (Å²) in [6.45, 7) is 4.73. The molecule has 1 aromatic heterocycles. The number of hydrogen-bond acceptors (Lipinski definition) is 6. The Balaban J connectivity index is 1.11. The number of methoxy groups -OCH3 is 1. The summed E-state index contributed by atoms with van der Waals surface area (Å²) in [5.41, 5.74) is 4.42. The van der Waals surface area contributed by atoms with E-state index in [0.29, 0.717) is 6.42 Å². The lowest BCUT2D eigenvalue weighted by molar-refractivity contribution is -0.141. The van der Waals surface area contributed by atoms with Crippen LogP contribution in [0, 0.1) is 0 Å². The van der Waals surface area contributed by atoms with E-state index in [0.717, 1.165) is 79.2 Å². The summed E-state index contributed by atoms with van der Waals surface area (Å²) in [7, 11) is 1.34. The Morgan fingerprint density at radius 1 is 0.829 bits per heavy atom. The standard InChI is InChI=1S/C34H36N4O3/c1-41-32(39)24-35-33(40)34(28-13-5-3-11-26(28)27-12-4-6-14-29(27)34)18-8-9-19-37-20-22-38(23-21-37)31-17-16-25-10-2-7-15-30(25)36-31/h2-7,10-17H,8-9,18-24H2,1H3,(H,35,40). The van der Waals surface area contributed by atoms with Gasteiger partial charge in [0.05, 0.1) is 12.6 Å². The van der Waals surface area contributed by atoms with Gasteiger partial charge in [0.25, 0.3) is 0 Å². The van der Waals surface area contributed by atoms with E-state index in [1.165, 1.54) is 12.5 Å². The first-order valence-electron chi connectivity index (χ1n) is 14.5. The second-order valence-electron chi connectivity index (χ2n) is 10.9. The number of esters is 1. The second kappa shape index (κ2) is 11.7. The summed E-state index contributed by atoms with van der Waals surface area (Å²) in [4.78, 5) is 35.6. The molecule has 1 amide bonds. The van der Waals surface area contributed by atoms with E-state index in [1.54, 1.807) is 0 Å². The van der Waals surface area contributed by atoms with Crippen LogP contribution in [0.5, 0.6) is 0 Å². The quantitative estimate of drug-likeness (QED) is 0.240. The number of benzene rings is 3. The fourth-order valence-corrected chi connectivity index (χ4v) is 6.49. The highest BCUT2D eigenvalue weighted by Gasteiger charge is 2.48. The van der Waals surface area contributed by atoms with Crippen LogP contribution in [-0.2, 0) is 19.7 Å². The number of ether oxygens (including phenoxy) is 1. The average Bonchev–Trinajstić information content (AvgIpc) is 3.32. The van der Waals surface area contributed by atoms with Crippen LogP contribution < -0.4 is 10.2 Å². The monoisotopic (exact) mass is 548 g/mol. The number of rotatable bonds is 9. The molecule has 7 heteroatoms. The van der Waals surface area contributed by atoms with Gasteiger partial charge in [0.2, 0.25) is 5.91 Å². The molecule has 1 N–H and O–H groups in total. The largest absolute Gasteiger partial charge is 0.468 e. The van der Waals surface area contributed by atoms with Gasteiger partial charge in [-0.3, -0.25) is 14.5 Å². The molecular weight excluding hydrogens is 512 g/mol. The first kappa shape index (κ1) is 27.0. The molecule has 41 heavy (non-hydrogen) atoms. The number of para-hydroxylation sites is 1. The average molecular weight is 549 g/mol. The molecule has 1 fully saturated rings. The zero-order valence-corrected chi connectivity index (χ0v) is 23.5. The van der Waals surface area contributed by atoms with Crippen molar-refractivity contribution in [1.82, 2.24) is 15.2 Å². The third-order valence-corrected chi connectivity index (χ3v) is 8.63. The normalized spacial score (nSPS) is 15.8. The van der Waals surface area contributed by atoms with Crippen molar-refractivity contribution in [2.75, 3.05) is 51.3 Å². The minimum absolute atomic E-state index is 0.141. The lowest BCUT2D eigenvalue weighted by Crippen LogP contribution is -2.47. The number of aromatic nitrogens is 1. The number of fused-ring (bicyclic) bond motifs is 4. The molecule has 1 aliphatic carbocycles. The molecule has 0 radical (unpaired) electrons. The van der Waals surface area contributed by atoms with Crippen LogP contribution in [0.25, 0.3) is 22.0 Å². The molecule has 7 nitrogen and oxygen atoms in total. The number of amides is 1. The summed E-state index contributed by atoms with van der Waals surface area (Å²) in [6.07, 6.45) is 2.56. The molecule has 2 heterocycles. The molecule has 210 valence electrons. The third-order valence-electron chi connectivity index (χ3n) is 8.63. The van der Waals surface area contributed by atoms with Crippen molar-refractivity contribution in [1.29, 1.82) is 0 Å². The molecule has 0 bridgehead atoms. The van der Waals surface area contributed by atoms with Gasteiger partial charge in [-0.2, -0.15) is 0 Å². The summed E-state index contributed by atoms with van der Waals surface area (Å²) in [5, 5.41) is 4.05. The third kappa shape index (κ3) is 5.18. The van der Waals surface area contributed by atoms with E-state index < -0.39 is 11.4 Å². The predicted molar refractivity (Wildman–Crippen MR) is 162 cm³/mol. The van der Waals surface area contributed by atoms with Gasteiger partial charge >= 0.3 is 5.97 Å². The minimum Gasteiger partial charge on any atom is -0.468 e. The summed E-state index contributed by atoms with van der Waals surface area (Å²) in [6, 6.07) is 28.9. The highest BCUT2D eigenvalue weighted by Crippen LogP contribution is 2.51. The van der Waals surface area contributed by atoms with E-state index in [2.05, 4.69) is 63.6 Å². The maximum absolute atomic E-state index is 13.9. The molecule has 1 aliphatic heterocycles. The molecule has 0 atom stereocenters. The molecule has 4 aromatic rings. The topological polar surface area (TPSA) is 74.8 Å². The number of carbonyl (C=O) groups is 2. The van der Waals surface area contributed by atoms with Crippen molar-refractivity contribution in [3.8, 4) is 11.1 Å². The van der Waals surface area contributed by atoms with Crippen molar-refractivity contribution in [3.63, 3.8) is 0 Å². The number of hydrogen-bond donors (Lipinski definition) is 1. The molecule has 0 saturated carbocycles. The van der Waals surface area contributed by atoms with Gasteiger partial charge in [-0.1, -0.05) is 73.2 Å². The summed E-state index contributed by atoms with van der Waals surface area (Å²) < 4.78 is 4.79. The maximum atomic E-state index is 13.9. The lowest BCUT2D eigenvalue weighted by Gasteiger charge is -2.36. The summed E-state index contributed by atoms with van der Waals surface area (Å²) >= 11 is 0. The van der Waals surface area contributed by atoms with Gasteiger partial charge in [0.15, 0.2) is 0 Å². The van der Waals surface area contributed by atoms with Crippen molar-refractivity contribution >= 4 is 28.6 Å². The number of nitrogens with one attached hydrogen (secondary N) is 1. The minimum atomic E-state index is -0.832. The smallest absolute Gasteiger partial charge is 0.325 e. The van der Waals surface area contributed by atoms with E-state index in [9.17, 15) is 9.59 Å². The number of nitrogens with zero attached hydrogens (tertiary/aromatic N) is 3. The first-order chi connectivity index (χ1) is 20.1. The Kier molecular flexibility index (Phi) is 7.70. The van der Waals surface area contributed by atoms with Crippen LogP contribution in [0.3, 0.4) is 0 Å². The Hall–Kier alpha value is -4.23. The lowest BCUT2D eigenvalue weighted by atomic mass is 9.73.